The van der Waals surface area contributed by atoms with E-state index < -0.39 is 5.91 Å². The third kappa shape index (κ3) is 6.81. The molecule has 2 aromatic rings. The van der Waals surface area contributed by atoms with Gasteiger partial charge in [0.25, 0.3) is 5.91 Å². The van der Waals surface area contributed by atoms with Crippen molar-refractivity contribution in [2.24, 2.45) is 5.10 Å². The van der Waals surface area contributed by atoms with Gasteiger partial charge in [-0.3, -0.25) is 9.59 Å². The fourth-order valence-corrected chi connectivity index (χ4v) is 2.26. The van der Waals surface area contributed by atoms with Gasteiger partial charge >= 0.3 is 0 Å². The van der Waals surface area contributed by atoms with Gasteiger partial charge in [-0.25, -0.2) is 5.43 Å². The third-order valence-corrected chi connectivity index (χ3v) is 3.58. The molecule has 0 bridgehead atoms. The zero-order valence-electron chi connectivity index (χ0n) is 15.4. The third-order valence-electron chi connectivity index (χ3n) is 3.58. The fraction of sp³-hybridized carbons (Fsp3) is 0.250. The van der Waals surface area contributed by atoms with Crippen LogP contribution in [0.4, 0.5) is 0 Å². The van der Waals surface area contributed by atoms with Gasteiger partial charge in [0.05, 0.1) is 32.9 Å². The van der Waals surface area contributed by atoms with Gasteiger partial charge in [0.2, 0.25) is 5.91 Å². The SMILES string of the molecule is CCOc1ccccc1/C=N/NC(=O)CNC(=O)Cc1ccc(OC)cc1. The van der Waals surface area contributed by atoms with E-state index in [1.54, 1.807) is 31.4 Å². The van der Waals surface area contributed by atoms with Crippen molar-refractivity contribution < 1.29 is 19.1 Å². The summed E-state index contributed by atoms with van der Waals surface area (Å²) in [6.07, 6.45) is 1.68. The Balaban J connectivity index is 1.76. The average Bonchev–Trinajstić information content (AvgIpc) is 2.68. The number of hydrogen-bond acceptors (Lipinski definition) is 5. The van der Waals surface area contributed by atoms with Gasteiger partial charge in [-0.15, -0.1) is 0 Å². The van der Waals surface area contributed by atoms with E-state index in [2.05, 4.69) is 15.8 Å². The highest BCUT2D eigenvalue weighted by Gasteiger charge is 2.06. The molecule has 0 saturated heterocycles. The molecule has 2 rings (SSSR count). The van der Waals surface area contributed by atoms with Crippen LogP contribution in [0.5, 0.6) is 11.5 Å². The minimum atomic E-state index is -0.414. The molecule has 2 amide bonds. The summed E-state index contributed by atoms with van der Waals surface area (Å²) >= 11 is 0. The zero-order valence-corrected chi connectivity index (χ0v) is 15.4. The number of rotatable bonds is 9. The molecule has 0 spiro atoms. The highest BCUT2D eigenvalue weighted by Crippen LogP contribution is 2.15. The van der Waals surface area contributed by atoms with Crippen molar-refractivity contribution in [1.82, 2.24) is 10.7 Å². The van der Waals surface area contributed by atoms with Crippen LogP contribution in [0.3, 0.4) is 0 Å². The molecule has 0 aliphatic heterocycles. The van der Waals surface area contributed by atoms with E-state index in [0.717, 1.165) is 16.9 Å². The molecule has 2 N–H and O–H groups in total. The first kappa shape index (κ1) is 20.0. The topological polar surface area (TPSA) is 89.0 Å². The van der Waals surface area contributed by atoms with E-state index in [-0.39, 0.29) is 18.9 Å². The van der Waals surface area contributed by atoms with E-state index in [1.165, 1.54) is 6.21 Å². The van der Waals surface area contributed by atoms with Crippen molar-refractivity contribution in [2.45, 2.75) is 13.3 Å². The first-order chi connectivity index (χ1) is 13.1. The Labute approximate surface area is 158 Å². The first-order valence-corrected chi connectivity index (χ1v) is 8.55. The molecule has 27 heavy (non-hydrogen) atoms. The van der Waals surface area contributed by atoms with Crippen LogP contribution in [-0.2, 0) is 16.0 Å². The van der Waals surface area contributed by atoms with E-state index in [9.17, 15) is 9.59 Å². The summed E-state index contributed by atoms with van der Waals surface area (Å²) in [6, 6.07) is 14.5. The van der Waals surface area contributed by atoms with Crippen LogP contribution in [0.1, 0.15) is 18.1 Å². The molecule has 0 aromatic heterocycles. The lowest BCUT2D eigenvalue weighted by atomic mass is 10.1. The molecule has 142 valence electrons. The molecule has 0 fully saturated rings. The van der Waals surface area contributed by atoms with E-state index in [1.807, 2.05) is 31.2 Å². The number of nitrogens with zero attached hydrogens (tertiary/aromatic N) is 1. The largest absolute Gasteiger partial charge is 0.497 e. The Hall–Kier alpha value is -3.35. The number of amides is 2. The minimum absolute atomic E-state index is 0.153. The normalized spacial score (nSPS) is 10.4. The van der Waals surface area contributed by atoms with Gasteiger partial charge in [0.15, 0.2) is 0 Å². The number of benzene rings is 2. The zero-order chi connectivity index (χ0) is 19.5. The molecule has 0 radical (unpaired) electrons. The number of hydrogen-bond donors (Lipinski definition) is 2. The van der Waals surface area contributed by atoms with Crippen molar-refractivity contribution in [2.75, 3.05) is 20.3 Å². The second-order valence-electron chi connectivity index (χ2n) is 5.57. The van der Waals surface area contributed by atoms with Crippen molar-refractivity contribution in [3.05, 3.63) is 59.7 Å². The van der Waals surface area contributed by atoms with Gasteiger partial charge in [-0.1, -0.05) is 24.3 Å². The second-order valence-corrected chi connectivity index (χ2v) is 5.57. The quantitative estimate of drug-likeness (QED) is 0.522. The molecule has 0 heterocycles. The average molecular weight is 369 g/mol. The second kappa shape index (κ2) is 10.6. The number of methoxy groups -OCH3 is 1. The van der Waals surface area contributed by atoms with Gasteiger partial charge in [-0.2, -0.15) is 5.10 Å². The fourth-order valence-electron chi connectivity index (χ4n) is 2.26. The van der Waals surface area contributed by atoms with Crippen molar-refractivity contribution >= 4 is 18.0 Å². The molecular weight excluding hydrogens is 346 g/mol. The number of para-hydroxylation sites is 1. The van der Waals surface area contributed by atoms with Crippen LogP contribution in [0, 0.1) is 0 Å². The maximum Gasteiger partial charge on any atom is 0.259 e. The van der Waals surface area contributed by atoms with Crippen molar-refractivity contribution in [1.29, 1.82) is 0 Å². The van der Waals surface area contributed by atoms with Crippen LogP contribution in [0.15, 0.2) is 53.6 Å². The summed E-state index contributed by atoms with van der Waals surface area (Å²) in [5.74, 6) is 0.748. The maximum absolute atomic E-state index is 11.9. The van der Waals surface area contributed by atoms with Gasteiger partial charge < -0.3 is 14.8 Å². The van der Waals surface area contributed by atoms with Crippen LogP contribution < -0.4 is 20.2 Å². The minimum Gasteiger partial charge on any atom is -0.497 e. The Morgan fingerprint density at radius 2 is 1.81 bits per heavy atom. The Morgan fingerprint density at radius 1 is 1.07 bits per heavy atom. The molecule has 7 nitrogen and oxygen atoms in total. The highest BCUT2D eigenvalue weighted by molar-refractivity contribution is 5.87. The Bertz CT molecular complexity index is 788. The number of nitrogens with one attached hydrogen (secondary N) is 2. The van der Waals surface area contributed by atoms with Crippen LogP contribution >= 0.6 is 0 Å². The smallest absolute Gasteiger partial charge is 0.259 e. The predicted octanol–water partition coefficient (Wildman–Crippen LogP) is 1.90. The van der Waals surface area contributed by atoms with Gasteiger partial charge in [0.1, 0.15) is 11.5 Å². The molecule has 2 aromatic carbocycles. The molecule has 0 saturated carbocycles. The maximum atomic E-state index is 11.9. The monoisotopic (exact) mass is 369 g/mol. The number of carbonyl (C=O) groups excluding carboxylic acids is 2. The lowest BCUT2D eigenvalue weighted by Gasteiger charge is -2.06. The summed E-state index contributed by atoms with van der Waals surface area (Å²) < 4.78 is 10.5. The predicted molar refractivity (Wildman–Crippen MR) is 103 cm³/mol. The van der Waals surface area contributed by atoms with Crippen molar-refractivity contribution in [3.8, 4) is 11.5 Å². The number of carbonyl (C=O) groups is 2. The summed E-state index contributed by atoms with van der Waals surface area (Å²) in [4.78, 5) is 23.7. The standard InChI is InChI=1S/C20H23N3O4/c1-3-27-18-7-5-4-6-16(18)13-22-23-20(25)14-21-19(24)12-15-8-10-17(26-2)11-9-15/h4-11,13H,3,12,14H2,1-2H3,(H,21,24)(H,23,25)/b22-13+. The van der Waals surface area contributed by atoms with Crippen LogP contribution in [0.25, 0.3) is 0 Å². The lowest BCUT2D eigenvalue weighted by molar-refractivity contribution is -0.125. The van der Waals surface area contributed by atoms with E-state index in [4.69, 9.17) is 9.47 Å². The van der Waals surface area contributed by atoms with Crippen LogP contribution in [0.2, 0.25) is 0 Å². The summed E-state index contributed by atoms with van der Waals surface area (Å²) in [5, 5.41) is 6.45. The first-order valence-electron chi connectivity index (χ1n) is 8.55. The Morgan fingerprint density at radius 3 is 2.52 bits per heavy atom. The molecule has 0 atom stereocenters. The molecule has 0 aliphatic carbocycles. The lowest BCUT2D eigenvalue weighted by Crippen LogP contribution is -2.35. The summed E-state index contributed by atoms with van der Waals surface area (Å²) in [7, 11) is 1.58. The Kier molecular flexibility index (Phi) is 7.84. The van der Waals surface area contributed by atoms with Crippen molar-refractivity contribution in [3.63, 3.8) is 0 Å². The number of hydrazone groups is 1. The highest BCUT2D eigenvalue weighted by atomic mass is 16.5. The summed E-state index contributed by atoms with van der Waals surface area (Å²) in [6.45, 7) is 2.28. The summed E-state index contributed by atoms with van der Waals surface area (Å²) in [5.41, 5.74) is 3.96. The van der Waals surface area contributed by atoms with Gasteiger partial charge in [-0.05, 0) is 36.8 Å². The number of ether oxygens (including phenoxy) is 2. The van der Waals surface area contributed by atoms with E-state index >= 15 is 0 Å². The molecule has 7 heteroatoms. The molecule has 0 unspecified atom stereocenters. The molecule has 0 aliphatic rings. The van der Waals surface area contributed by atoms with Gasteiger partial charge in [0, 0.05) is 5.56 Å². The van der Waals surface area contributed by atoms with E-state index in [0.29, 0.717) is 12.4 Å². The molecular formula is C20H23N3O4. The van der Waals surface area contributed by atoms with Crippen LogP contribution in [-0.4, -0.2) is 38.3 Å².